The van der Waals surface area contributed by atoms with E-state index in [1.54, 1.807) is 0 Å². The van der Waals surface area contributed by atoms with E-state index in [-0.39, 0.29) is 34.4 Å². The molecule has 24 heavy (non-hydrogen) atoms. The van der Waals surface area contributed by atoms with Gasteiger partial charge in [-0.2, -0.15) is 10.5 Å². The van der Waals surface area contributed by atoms with E-state index in [0.29, 0.717) is 0 Å². The van der Waals surface area contributed by atoms with Crippen molar-refractivity contribution in [2.45, 2.75) is 6.54 Å². The van der Waals surface area contributed by atoms with Gasteiger partial charge in [0.25, 0.3) is 5.56 Å². The number of halogens is 1. The molecule has 3 aromatic rings. The highest BCUT2D eigenvalue weighted by Crippen LogP contribution is 2.12. The summed E-state index contributed by atoms with van der Waals surface area (Å²) in [4.78, 5) is 27.7. The van der Waals surface area contributed by atoms with Gasteiger partial charge in [0, 0.05) is 7.05 Å². The van der Waals surface area contributed by atoms with Crippen molar-refractivity contribution in [3.05, 3.63) is 67.7 Å². The zero-order valence-electron chi connectivity index (χ0n) is 12.5. The van der Waals surface area contributed by atoms with E-state index >= 15 is 0 Å². The molecule has 1 N–H and O–H groups in total. The molecule has 0 unspecified atom stereocenters. The highest BCUT2D eigenvalue weighted by atomic mass is 19.1. The summed E-state index contributed by atoms with van der Waals surface area (Å²) in [5, 5.41) is 18.2. The van der Waals surface area contributed by atoms with Crippen molar-refractivity contribution >= 4 is 11.0 Å². The average Bonchev–Trinajstić information content (AvgIpc) is 3.02. The first-order valence-electron chi connectivity index (χ1n) is 6.87. The molecule has 0 saturated heterocycles. The second-order valence-corrected chi connectivity index (χ2v) is 5.20. The predicted octanol–water partition coefficient (Wildman–Crippen LogP) is 0.959. The lowest BCUT2D eigenvalue weighted by molar-refractivity contribution is 0.616. The molecule has 1 aromatic carbocycles. The molecule has 2 aromatic heterocycles. The maximum absolute atomic E-state index is 13.4. The molecule has 0 aliphatic heterocycles. The van der Waals surface area contributed by atoms with Crippen molar-refractivity contribution in [2.24, 2.45) is 7.05 Å². The molecule has 0 aliphatic carbocycles. The number of aromatic nitrogens is 3. The van der Waals surface area contributed by atoms with Crippen LogP contribution in [0.15, 0.2) is 33.9 Å². The van der Waals surface area contributed by atoms with Gasteiger partial charge in [0.15, 0.2) is 0 Å². The third-order valence-electron chi connectivity index (χ3n) is 3.76. The second-order valence-electron chi connectivity index (χ2n) is 5.20. The molecular formula is C16H10FN5O2. The summed E-state index contributed by atoms with van der Waals surface area (Å²) >= 11 is 0. The largest absolute Gasteiger partial charge is 0.332 e. The summed E-state index contributed by atoms with van der Waals surface area (Å²) in [6, 6.07) is 8.68. The van der Waals surface area contributed by atoms with E-state index in [4.69, 9.17) is 10.5 Å². The minimum absolute atomic E-state index is 0.151. The molecule has 0 atom stereocenters. The number of aryl methyl sites for hydroxylation is 1. The Morgan fingerprint density at radius 2 is 1.96 bits per heavy atom. The molecule has 0 saturated carbocycles. The number of nitriles is 2. The Labute approximate surface area is 134 Å². The Balaban J connectivity index is 2.27. The number of hydrogen-bond acceptors (Lipinski definition) is 4. The van der Waals surface area contributed by atoms with Crippen LogP contribution in [0.5, 0.6) is 0 Å². The number of nitrogens with one attached hydrogen (secondary N) is 1. The lowest BCUT2D eigenvalue weighted by Gasteiger charge is -2.09. The summed E-state index contributed by atoms with van der Waals surface area (Å²) in [6.45, 7) is -0.241. The average molecular weight is 323 g/mol. The van der Waals surface area contributed by atoms with Crippen molar-refractivity contribution in [1.82, 2.24) is 14.1 Å². The summed E-state index contributed by atoms with van der Waals surface area (Å²) in [5.74, 6) is -0.566. The number of aromatic amines is 1. The molecule has 0 aliphatic rings. The predicted molar refractivity (Wildman–Crippen MR) is 82.7 cm³/mol. The summed E-state index contributed by atoms with van der Waals surface area (Å²) in [5.41, 5.74) is -0.453. The molecule has 0 bridgehead atoms. The van der Waals surface area contributed by atoms with Crippen molar-refractivity contribution in [3.8, 4) is 12.1 Å². The maximum Gasteiger partial charge on any atom is 0.332 e. The van der Waals surface area contributed by atoms with Gasteiger partial charge in [0.2, 0.25) is 0 Å². The van der Waals surface area contributed by atoms with Crippen LogP contribution in [0.3, 0.4) is 0 Å². The van der Waals surface area contributed by atoms with Crippen molar-refractivity contribution < 1.29 is 4.39 Å². The molecule has 0 fully saturated rings. The molecule has 3 rings (SSSR count). The molecule has 0 spiro atoms. The van der Waals surface area contributed by atoms with Crippen LogP contribution in [0.4, 0.5) is 4.39 Å². The first kappa shape index (κ1) is 15.3. The van der Waals surface area contributed by atoms with Crippen LogP contribution in [-0.4, -0.2) is 14.1 Å². The van der Waals surface area contributed by atoms with E-state index in [2.05, 4.69) is 4.98 Å². The van der Waals surface area contributed by atoms with Crippen LogP contribution in [0.2, 0.25) is 0 Å². The zero-order valence-corrected chi connectivity index (χ0v) is 12.5. The second kappa shape index (κ2) is 5.52. The number of hydrogen-bond donors (Lipinski definition) is 1. The van der Waals surface area contributed by atoms with Gasteiger partial charge in [0.05, 0.1) is 23.6 Å². The third-order valence-corrected chi connectivity index (χ3v) is 3.76. The molecule has 0 radical (unpaired) electrons. The van der Waals surface area contributed by atoms with Gasteiger partial charge < -0.3 is 4.98 Å². The maximum atomic E-state index is 13.4. The molecule has 7 nitrogen and oxygen atoms in total. The van der Waals surface area contributed by atoms with Crippen LogP contribution < -0.4 is 11.2 Å². The van der Waals surface area contributed by atoms with E-state index in [1.807, 2.05) is 12.1 Å². The van der Waals surface area contributed by atoms with E-state index in [1.165, 1.54) is 23.7 Å². The summed E-state index contributed by atoms with van der Waals surface area (Å²) in [6.07, 6.45) is 0. The smallest absolute Gasteiger partial charge is 0.332 e. The molecule has 118 valence electrons. The van der Waals surface area contributed by atoms with Crippen LogP contribution in [0.25, 0.3) is 11.0 Å². The van der Waals surface area contributed by atoms with E-state index in [9.17, 15) is 14.0 Å². The van der Waals surface area contributed by atoms with Gasteiger partial charge in [-0.3, -0.25) is 13.9 Å². The quantitative estimate of drug-likeness (QED) is 0.757. The topological polar surface area (TPSA) is 107 Å². The Morgan fingerprint density at radius 1 is 1.21 bits per heavy atom. The van der Waals surface area contributed by atoms with Gasteiger partial charge in [-0.1, -0.05) is 0 Å². The van der Waals surface area contributed by atoms with Gasteiger partial charge in [0.1, 0.15) is 23.2 Å². The van der Waals surface area contributed by atoms with Crippen molar-refractivity contribution in [2.75, 3.05) is 0 Å². The summed E-state index contributed by atoms with van der Waals surface area (Å²) in [7, 11) is 1.45. The Hall–Kier alpha value is -3.65. The minimum atomic E-state index is -0.632. The van der Waals surface area contributed by atoms with Crippen LogP contribution in [-0.2, 0) is 13.6 Å². The first-order chi connectivity index (χ1) is 11.5. The number of fused-ring (bicyclic) bond motifs is 1. The van der Waals surface area contributed by atoms with Crippen LogP contribution in [0.1, 0.15) is 16.8 Å². The number of benzene rings is 1. The Kier molecular flexibility index (Phi) is 3.51. The van der Waals surface area contributed by atoms with Crippen LogP contribution in [0, 0.1) is 28.5 Å². The third kappa shape index (κ3) is 2.27. The number of rotatable bonds is 2. The fraction of sp³-hybridized carbons (Fsp3) is 0.125. The lowest BCUT2D eigenvalue weighted by Crippen LogP contribution is -2.39. The fourth-order valence-corrected chi connectivity index (χ4v) is 2.55. The van der Waals surface area contributed by atoms with Crippen LogP contribution >= 0.6 is 0 Å². The Bertz CT molecular complexity index is 1170. The normalized spacial score (nSPS) is 10.5. The van der Waals surface area contributed by atoms with Gasteiger partial charge >= 0.3 is 5.69 Å². The Morgan fingerprint density at radius 3 is 2.62 bits per heavy atom. The van der Waals surface area contributed by atoms with E-state index in [0.717, 1.165) is 16.7 Å². The molecule has 8 heteroatoms. The monoisotopic (exact) mass is 323 g/mol. The zero-order chi connectivity index (χ0) is 17.4. The fourth-order valence-electron chi connectivity index (χ4n) is 2.55. The van der Waals surface area contributed by atoms with Gasteiger partial charge in [-0.15, -0.1) is 0 Å². The number of H-pyrrole nitrogens is 1. The van der Waals surface area contributed by atoms with E-state index < -0.39 is 17.1 Å². The standard InChI is InChI=1S/C16H10FN5O2/c1-21-14-13(5-12(7-19)20-14)15(23)22(16(21)24)8-10-4-11(17)3-2-9(10)6-18/h2-5,20H,8H2,1H3. The number of nitrogens with zero attached hydrogens (tertiary/aromatic N) is 4. The lowest BCUT2D eigenvalue weighted by atomic mass is 10.1. The molecule has 0 amide bonds. The van der Waals surface area contributed by atoms with Gasteiger partial charge in [-0.25, -0.2) is 9.18 Å². The SMILES string of the molecule is Cn1c(=O)n(Cc2cc(F)ccc2C#N)c(=O)c2cc(C#N)[nH]c21. The highest BCUT2D eigenvalue weighted by Gasteiger charge is 2.15. The highest BCUT2D eigenvalue weighted by molar-refractivity contribution is 5.76. The van der Waals surface area contributed by atoms with Gasteiger partial charge in [-0.05, 0) is 29.8 Å². The van der Waals surface area contributed by atoms with Crippen molar-refractivity contribution in [3.63, 3.8) is 0 Å². The molecule has 2 heterocycles. The molecular weight excluding hydrogens is 313 g/mol. The minimum Gasteiger partial charge on any atom is -0.332 e. The summed E-state index contributed by atoms with van der Waals surface area (Å²) < 4.78 is 15.6. The first-order valence-corrected chi connectivity index (χ1v) is 6.87. The van der Waals surface area contributed by atoms with Crippen molar-refractivity contribution in [1.29, 1.82) is 10.5 Å².